The number of nitrogens with one attached hydrogen (secondary N) is 1. The highest BCUT2D eigenvalue weighted by atomic mass is 15.0. The van der Waals surface area contributed by atoms with Crippen molar-refractivity contribution < 1.29 is 0 Å². The van der Waals surface area contributed by atoms with Gasteiger partial charge in [0.1, 0.15) is 5.82 Å². The number of aromatic nitrogens is 3. The summed E-state index contributed by atoms with van der Waals surface area (Å²) in [7, 11) is 0. The Bertz CT molecular complexity index is 581. The maximum Gasteiger partial charge on any atom is 0.162 e. The Labute approximate surface area is 127 Å². The number of aryl methyl sites for hydroxylation is 2. The van der Waals surface area contributed by atoms with Gasteiger partial charge in [0.25, 0.3) is 0 Å². The quantitative estimate of drug-likeness (QED) is 0.838. The molecule has 0 saturated carbocycles. The molecule has 2 rings (SSSR count). The van der Waals surface area contributed by atoms with E-state index in [-0.39, 0.29) is 0 Å². The lowest BCUT2D eigenvalue weighted by Gasteiger charge is -2.11. The first-order valence-corrected chi connectivity index (χ1v) is 7.83. The number of pyridine rings is 1. The fourth-order valence-corrected chi connectivity index (χ4v) is 2.27. The van der Waals surface area contributed by atoms with Crippen molar-refractivity contribution in [3.05, 3.63) is 35.8 Å². The Morgan fingerprint density at radius 3 is 2.67 bits per heavy atom. The minimum Gasteiger partial charge on any atom is -0.370 e. The molecule has 21 heavy (non-hydrogen) atoms. The van der Waals surface area contributed by atoms with E-state index in [1.54, 1.807) is 0 Å². The third kappa shape index (κ3) is 4.00. The maximum atomic E-state index is 4.73. The highest BCUT2D eigenvalue weighted by Gasteiger charge is 2.10. The topological polar surface area (TPSA) is 50.7 Å². The molecule has 0 aliphatic heterocycles. The average Bonchev–Trinajstić information content (AvgIpc) is 2.53. The van der Waals surface area contributed by atoms with E-state index >= 15 is 0 Å². The van der Waals surface area contributed by atoms with Gasteiger partial charge in [0.05, 0.1) is 0 Å². The molecule has 0 radical (unpaired) electrons. The maximum absolute atomic E-state index is 4.73. The molecule has 0 bridgehead atoms. The average molecular weight is 284 g/mol. The third-order valence-electron chi connectivity index (χ3n) is 3.37. The number of nitrogens with zero attached hydrogens (tertiary/aromatic N) is 3. The van der Waals surface area contributed by atoms with E-state index in [1.165, 1.54) is 5.56 Å². The van der Waals surface area contributed by atoms with Crippen molar-refractivity contribution in [3.63, 3.8) is 0 Å². The summed E-state index contributed by atoms with van der Waals surface area (Å²) < 4.78 is 0. The molecule has 0 saturated heterocycles. The molecular formula is C17H24N4. The fourth-order valence-electron chi connectivity index (χ4n) is 2.27. The van der Waals surface area contributed by atoms with Gasteiger partial charge in [-0.1, -0.05) is 27.2 Å². The van der Waals surface area contributed by atoms with E-state index in [0.29, 0.717) is 0 Å². The molecule has 112 valence electrons. The SMILES string of the molecule is CCCNc1cc(CCC)nc(-c2ccncc2CC)n1. The van der Waals surface area contributed by atoms with Crippen molar-refractivity contribution in [1.29, 1.82) is 0 Å². The summed E-state index contributed by atoms with van der Waals surface area (Å²) in [6.07, 6.45) is 7.79. The Balaban J connectivity index is 2.43. The Morgan fingerprint density at radius 2 is 1.95 bits per heavy atom. The molecule has 0 atom stereocenters. The minimum absolute atomic E-state index is 0.804. The van der Waals surface area contributed by atoms with Crippen LogP contribution in [0.15, 0.2) is 24.5 Å². The summed E-state index contributed by atoms with van der Waals surface area (Å²) in [5.41, 5.74) is 3.37. The zero-order valence-electron chi connectivity index (χ0n) is 13.2. The van der Waals surface area contributed by atoms with Crippen LogP contribution in [0.4, 0.5) is 5.82 Å². The van der Waals surface area contributed by atoms with Gasteiger partial charge >= 0.3 is 0 Å². The van der Waals surface area contributed by atoms with Crippen molar-refractivity contribution in [2.45, 2.75) is 46.5 Å². The van der Waals surface area contributed by atoms with Crippen LogP contribution in [0.25, 0.3) is 11.4 Å². The summed E-state index contributed by atoms with van der Waals surface area (Å²) >= 11 is 0. The zero-order chi connectivity index (χ0) is 15.1. The van der Waals surface area contributed by atoms with Crippen LogP contribution in [0.1, 0.15) is 44.9 Å². The molecule has 0 unspecified atom stereocenters. The summed E-state index contributed by atoms with van der Waals surface area (Å²) in [6.45, 7) is 7.39. The van der Waals surface area contributed by atoms with Crippen molar-refractivity contribution >= 4 is 5.82 Å². The number of hydrogen-bond donors (Lipinski definition) is 1. The number of rotatable bonds is 7. The Morgan fingerprint density at radius 1 is 1.10 bits per heavy atom. The van der Waals surface area contributed by atoms with Gasteiger partial charge in [-0.2, -0.15) is 0 Å². The van der Waals surface area contributed by atoms with Crippen LogP contribution in [0.5, 0.6) is 0 Å². The van der Waals surface area contributed by atoms with Gasteiger partial charge in [0.2, 0.25) is 0 Å². The van der Waals surface area contributed by atoms with Crippen LogP contribution in [0.3, 0.4) is 0 Å². The van der Waals surface area contributed by atoms with Gasteiger partial charge < -0.3 is 5.32 Å². The first-order valence-electron chi connectivity index (χ1n) is 7.83. The van der Waals surface area contributed by atoms with Gasteiger partial charge in [-0.15, -0.1) is 0 Å². The predicted molar refractivity (Wildman–Crippen MR) is 87.4 cm³/mol. The second-order valence-corrected chi connectivity index (χ2v) is 5.13. The van der Waals surface area contributed by atoms with E-state index in [2.05, 4.69) is 42.1 Å². The molecule has 0 aliphatic rings. The lowest BCUT2D eigenvalue weighted by Crippen LogP contribution is -2.06. The van der Waals surface area contributed by atoms with Crippen molar-refractivity contribution in [3.8, 4) is 11.4 Å². The van der Waals surface area contributed by atoms with E-state index in [9.17, 15) is 0 Å². The monoisotopic (exact) mass is 284 g/mol. The molecule has 0 spiro atoms. The zero-order valence-corrected chi connectivity index (χ0v) is 13.2. The largest absolute Gasteiger partial charge is 0.370 e. The molecule has 2 aromatic rings. The second-order valence-electron chi connectivity index (χ2n) is 5.13. The summed E-state index contributed by atoms with van der Waals surface area (Å²) in [5, 5.41) is 3.37. The number of hydrogen-bond acceptors (Lipinski definition) is 4. The van der Waals surface area contributed by atoms with Crippen LogP contribution < -0.4 is 5.32 Å². The van der Waals surface area contributed by atoms with Crippen molar-refractivity contribution in [1.82, 2.24) is 15.0 Å². The molecule has 0 amide bonds. The van der Waals surface area contributed by atoms with E-state index in [1.807, 2.05) is 18.5 Å². The van der Waals surface area contributed by atoms with E-state index < -0.39 is 0 Å². The summed E-state index contributed by atoms with van der Waals surface area (Å²) in [4.78, 5) is 13.6. The fraction of sp³-hybridized carbons (Fsp3) is 0.471. The van der Waals surface area contributed by atoms with Crippen molar-refractivity contribution in [2.24, 2.45) is 0 Å². The third-order valence-corrected chi connectivity index (χ3v) is 3.37. The van der Waals surface area contributed by atoms with Gasteiger partial charge in [-0.05, 0) is 30.9 Å². The molecule has 2 aromatic heterocycles. The molecule has 4 heteroatoms. The van der Waals surface area contributed by atoms with Crippen LogP contribution in [0.2, 0.25) is 0 Å². The lowest BCUT2D eigenvalue weighted by molar-refractivity contribution is 0.871. The number of anilines is 1. The van der Waals surface area contributed by atoms with Crippen LogP contribution in [-0.4, -0.2) is 21.5 Å². The predicted octanol–water partition coefficient (Wildman–Crippen LogP) is 3.88. The molecule has 2 heterocycles. The highest BCUT2D eigenvalue weighted by molar-refractivity contribution is 5.61. The first kappa shape index (κ1) is 15.4. The van der Waals surface area contributed by atoms with Gasteiger partial charge in [-0.3, -0.25) is 4.98 Å². The molecular weight excluding hydrogens is 260 g/mol. The highest BCUT2D eigenvalue weighted by Crippen LogP contribution is 2.22. The molecule has 0 fully saturated rings. The van der Waals surface area contributed by atoms with Crippen LogP contribution in [-0.2, 0) is 12.8 Å². The second kappa shape index (κ2) is 7.72. The molecule has 0 aromatic carbocycles. The van der Waals surface area contributed by atoms with Gasteiger partial charge in [-0.25, -0.2) is 9.97 Å². The van der Waals surface area contributed by atoms with E-state index in [4.69, 9.17) is 4.98 Å². The molecule has 0 aliphatic carbocycles. The minimum atomic E-state index is 0.804. The summed E-state index contributed by atoms with van der Waals surface area (Å²) in [5.74, 6) is 1.72. The normalized spacial score (nSPS) is 10.6. The smallest absolute Gasteiger partial charge is 0.162 e. The van der Waals surface area contributed by atoms with E-state index in [0.717, 1.165) is 55.1 Å². The van der Waals surface area contributed by atoms with Crippen LogP contribution in [0, 0.1) is 0 Å². The molecule has 1 N–H and O–H groups in total. The first-order chi connectivity index (χ1) is 10.3. The Kier molecular flexibility index (Phi) is 5.67. The van der Waals surface area contributed by atoms with Gasteiger partial charge in [0, 0.05) is 36.3 Å². The Hall–Kier alpha value is -1.97. The summed E-state index contributed by atoms with van der Waals surface area (Å²) in [6, 6.07) is 4.07. The van der Waals surface area contributed by atoms with Crippen LogP contribution >= 0.6 is 0 Å². The molecule has 4 nitrogen and oxygen atoms in total. The van der Waals surface area contributed by atoms with Gasteiger partial charge in [0.15, 0.2) is 5.82 Å². The van der Waals surface area contributed by atoms with Crippen molar-refractivity contribution in [2.75, 3.05) is 11.9 Å². The lowest BCUT2D eigenvalue weighted by atomic mass is 10.1. The standard InChI is InChI=1S/C17H24N4/c1-4-7-14-11-16(19-9-5-2)21-17(20-14)15-8-10-18-12-13(15)6-3/h8,10-12H,4-7,9H2,1-3H3,(H,19,20,21).